The van der Waals surface area contributed by atoms with Crippen molar-refractivity contribution < 1.29 is 13.2 Å². The highest BCUT2D eigenvalue weighted by atomic mass is 32.2. The Kier molecular flexibility index (Phi) is 4.24. The minimum atomic E-state index is -3.69. The van der Waals surface area contributed by atoms with E-state index in [0.29, 0.717) is 31.9 Å². The quantitative estimate of drug-likeness (QED) is 0.757. The number of aromatic nitrogens is 2. The first-order valence-electron chi connectivity index (χ1n) is 9.11. The van der Waals surface area contributed by atoms with Crippen LogP contribution in [-0.4, -0.2) is 72.1 Å². The summed E-state index contributed by atoms with van der Waals surface area (Å²) in [6, 6.07) is 0.232. The van der Waals surface area contributed by atoms with E-state index in [2.05, 4.69) is 5.10 Å². The molecule has 5 rings (SSSR count). The Morgan fingerprint density at radius 3 is 2.69 bits per heavy atom. The zero-order chi connectivity index (χ0) is 18.5. The molecule has 1 amide bonds. The molecule has 26 heavy (non-hydrogen) atoms. The molecule has 1 saturated carbocycles. The standard InChI is InChI=1S/C16H26N6O3S/c1-19-9-14(8-18-19)22-7-6-20(26(22,24)25)10-15(23)21-12-16(11-17)4-2-13(21)3-5-16/h8-9,13H,2-7,10-12,17H2,1H3. The predicted octanol–water partition coefficient (Wildman–Crippen LogP) is -0.483. The summed E-state index contributed by atoms with van der Waals surface area (Å²) in [5.74, 6) is -0.108. The van der Waals surface area contributed by atoms with Gasteiger partial charge in [0.05, 0.1) is 18.4 Å². The first-order valence-corrected chi connectivity index (χ1v) is 10.5. The summed E-state index contributed by atoms with van der Waals surface area (Å²) in [4.78, 5) is 14.8. The van der Waals surface area contributed by atoms with Gasteiger partial charge in [-0.1, -0.05) is 0 Å². The lowest BCUT2D eigenvalue weighted by molar-refractivity contribution is -0.142. The van der Waals surface area contributed by atoms with Crippen LogP contribution in [0.5, 0.6) is 0 Å². The molecule has 0 unspecified atom stereocenters. The van der Waals surface area contributed by atoms with Crippen LogP contribution >= 0.6 is 0 Å². The van der Waals surface area contributed by atoms with E-state index in [0.717, 1.165) is 25.7 Å². The minimum absolute atomic E-state index is 0.0238. The van der Waals surface area contributed by atoms with Gasteiger partial charge in [-0.25, -0.2) is 0 Å². The van der Waals surface area contributed by atoms with Gasteiger partial charge in [-0.05, 0) is 32.2 Å². The summed E-state index contributed by atoms with van der Waals surface area (Å²) >= 11 is 0. The first kappa shape index (κ1) is 17.7. The van der Waals surface area contributed by atoms with E-state index in [1.54, 1.807) is 17.9 Å². The Morgan fingerprint density at radius 1 is 1.35 bits per heavy atom. The number of piperidine rings is 2. The van der Waals surface area contributed by atoms with E-state index >= 15 is 0 Å². The van der Waals surface area contributed by atoms with E-state index in [1.165, 1.54) is 14.8 Å². The van der Waals surface area contributed by atoms with E-state index < -0.39 is 10.2 Å². The maximum Gasteiger partial charge on any atom is 0.304 e. The van der Waals surface area contributed by atoms with Gasteiger partial charge in [-0.3, -0.25) is 13.8 Å². The van der Waals surface area contributed by atoms with Gasteiger partial charge >= 0.3 is 10.2 Å². The molecule has 0 radical (unpaired) electrons. The zero-order valence-corrected chi connectivity index (χ0v) is 15.9. The monoisotopic (exact) mass is 382 g/mol. The molecule has 0 spiro atoms. The lowest BCUT2D eigenvalue weighted by Gasteiger charge is -2.52. The number of carbonyl (C=O) groups excluding carboxylic acids is 1. The van der Waals surface area contributed by atoms with Crippen molar-refractivity contribution in [2.24, 2.45) is 18.2 Å². The fraction of sp³-hybridized carbons (Fsp3) is 0.750. The molecular formula is C16H26N6O3S. The highest BCUT2D eigenvalue weighted by Crippen LogP contribution is 2.44. The molecule has 0 aromatic carbocycles. The van der Waals surface area contributed by atoms with Crippen molar-refractivity contribution in [1.29, 1.82) is 0 Å². The third-order valence-electron chi connectivity index (χ3n) is 6.16. The van der Waals surface area contributed by atoms with Gasteiger partial charge in [0.2, 0.25) is 5.91 Å². The van der Waals surface area contributed by atoms with E-state index in [1.807, 2.05) is 4.90 Å². The average Bonchev–Trinajstić information content (AvgIpc) is 3.18. The molecule has 1 aliphatic carbocycles. The first-order chi connectivity index (χ1) is 12.3. The molecular weight excluding hydrogens is 356 g/mol. The molecule has 4 heterocycles. The van der Waals surface area contributed by atoms with E-state index in [9.17, 15) is 13.2 Å². The normalized spacial score (nSPS) is 30.9. The molecule has 144 valence electrons. The van der Waals surface area contributed by atoms with Crippen molar-refractivity contribution in [3.63, 3.8) is 0 Å². The average molecular weight is 382 g/mol. The zero-order valence-electron chi connectivity index (χ0n) is 15.0. The van der Waals surface area contributed by atoms with Crippen LogP contribution in [0, 0.1) is 5.41 Å². The van der Waals surface area contributed by atoms with Crippen LogP contribution in [0.2, 0.25) is 0 Å². The van der Waals surface area contributed by atoms with Gasteiger partial charge in [0, 0.05) is 44.3 Å². The van der Waals surface area contributed by atoms with Crippen LogP contribution in [0.1, 0.15) is 25.7 Å². The Balaban J connectivity index is 1.47. The number of fused-ring (bicyclic) bond motifs is 3. The van der Waals surface area contributed by atoms with Crippen LogP contribution in [0.4, 0.5) is 5.69 Å². The van der Waals surface area contributed by atoms with Crippen LogP contribution in [0.25, 0.3) is 0 Å². The molecule has 3 saturated heterocycles. The lowest BCUT2D eigenvalue weighted by atomic mass is 9.67. The number of hydrogen-bond acceptors (Lipinski definition) is 5. The van der Waals surface area contributed by atoms with E-state index in [-0.39, 0.29) is 23.9 Å². The smallest absolute Gasteiger partial charge is 0.304 e. The summed E-state index contributed by atoms with van der Waals surface area (Å²) in [6.45, 7) is 1.78. The SMILES string of the molecule is Cn1cc(N2CCN(CC(=O)N3CC4(CN)CCC3CC4)S2(=O)=O)cn1. The summed E-state index contributed by atoms with van der Waals surface area (Å²) in [5, 5.41) is 4.03. The van der Waals surface area contributed by atoms with Gasteiger partial charge in [0.1, 0.15) is 0 Å². The number of hydrogen-bond donors (Lipinski definition) is 1. The molecule has 9 nitrogen and oxygen atoms in total. The van der Waals surface area contributed by atoms with Crippen molar-refractivity contribution in [3.05, 3.63) is 12.4 Å². The van der Waals surface area contributed by atoms with Crippen molar-refractivity contribution in [2.75, 3.05) is 37.0 Å². The third-order valence-corrected chi connectivity index (χ3v) is 8.08. The van der Waals surface area contributed by atoms with E-state index in [4.69, 9.17) is 5.73 Å². The van der Waals surface area contributed by atoms with Crippen LogP contribution in [0.15, 0.2) is 12.4 Å². The highest BCUT2D eigenvalue weighted by Gasteiger charge is 2.47. The molecule has 0 atom stereocenters. The Bertz CT molecular complexity index is 799. The Hall–Kier alpha value is -1.65. The number of aryl methyl sites for hydroxylation is 1. The molecule has 2 bridgehead atoms. The second-order valence-electron chi connectivity index (χ2n) is 7.74. The van der Waals surface area contributed by atoms with Gasteiger partial charge in [0.15, 0.2) is 0 Å². The maximum atomic E-state index is 12.9. The third kappa shape index (κ3) is 2.80. The van der Waals surface area contributed by atoms with Crippen LogP contribution in [0.3, 0.4) is 0 Å². The summed E-state index contributed by atoms with van der Waals surface area (Å²) in [5.41, 5.74) is 6.52. The fourth-order valence-corrected chi connectivity index (χ4v) is 6.05. The predicted molar refractivity (Wildman–Crippen MR) is 96.5 cm³/mol. The molecule has 1 aromatic rings. The second-order valence-corrected chi connectivity index (χ2v) is 9.60. The molecule has 4 aliphatic rings. The van der Waals surface area contributed by atoms with Gasteiger partial charge in [-0.2, -0.15) is 17.8 Å². The number of nitrogens with two attached hydrogens (primary N) is 1. The molecule has 1 aromatic heterocycles. The van der Waals surface area contributed by atoms with Crippen LogP contribution < -0.4 is 10.0 Å². The van der Waals surface area contributed by atoms with Crippen molar-refractivity contribution in [3.8, 4) is 0 Å². The van der Waals surface area contributed by atoms with Crippen molar-refractivity contribution in [2.45, 2.75) is 31.7 Å². The van der Waals surface area contributed by atoms with Crippen molar-refractivity contribution in [1.82, 2.24) is 19.0 Å². The number of nitrogens with zero attached hydrogens (tertiary/aromatic N) is 5. The summed E-state index contributed by atoms with van der Waals surface area (Å²) in [6.07, 6.45) is 7.26. The molecule has 10 heteroatoms. The minimum Gasteiger partial charge on any atom is -0.338 e. The topological polar surface area (TPSA) is 105 Å². The van der Waals surface area contributed by atoms with Gasteiger partial charge < -0.3 is 10.6 Å². The Labute approximate surface area is 153 Å². The Morgan fingerprint density at radius 2 is 2.08 bits per heavy atom. The largest absolute Gasteiger partial charge is 0.338 e. The molecule has 2 N–H and O–H groups in total. The lowest BCUT2D eigenvalue weighted by Crippen LogP contribution is -2.59. The van der Waals surface area contributed by atoms with Gasteiger partial charge in [0.25, 0.3) is 0 Å². The number of anilines is 1. The summed E-state index contributed by atoms with van der Waals surface area (Å²) in [7, 11) is -1.95. The molecule has 3 aliphatic heterocycles. The van der Waals surface area contributed by atoms with Gasteiger partial charge in [-0.15, -0.1) is 0 Å². The number of carbonyl (C=O) groups is 1. The number of rotatable bonds is 4. The highest BCUT2D eigenvalue weighted by molar-refractivity contribution is 7.90. The fourth-order valence-electron chi connectivity index (χ4n) is 4.51. The number of amides is 1. The van der Waals surface area contributed by atoms with Crippen LogP contribution in [-0.2, 0) is 22.1 Å². The maximum absolute atomic E-state index is 12.9. The van der Waals surface area contributed by atoms with Crippen molar-refractivity contribution >= 4 is 21.8 Å². The summed E-state index contributed by atoms with van der Waals surface area (Å²) < 4.78 is 29.8. The molecule has 4 fully saturated rings. The second kappa shape index (κ2) is 6.21.